The van der Waals surface area contributed by atoms with E-state index in [2.05, 4.69) is 11.6 Å². The van der Waals surface area contributed by atoms with Gasteiger partial charge in [-0.05, 0) is 19.9 Å². The molecule has 0 atom stereocenters. The summed E-state index contributed by atoms with van der Waals surface area (Å²) < 4.78 is 19.7. The first kappa shape index (κ1) is 16.7. The van der Waals surface area contributed by atoms with Gasteiger partial charge in [0.1, 0.15) is 24.7 Å². The molecular weight excluding hydrogens is 352 g/mol. The van der Waals surface area contributed by atoms with Crippen molar-refractivity contribution in [2.45, 2.75) is 20.4 Å². The lowest BCUT2D eigenvalue weighted by Crippen LogP contribution is -2.17. The van der Waals surface area contributed by atoms with Crippen molar-refractivity contribution in [1.82, 2.24) is 4.57 Å². The highest BCUT2D eigenvalue weighted by atomic mass is 32.1. The number of hydrogen-bond acceptors (Lipinski definition) is 5. The van der Waals surface area contributed by atoms with Gasteiger partial charge >= 0.3 is 0 Å². The van der Waals surface area contributed by atoms with E-state index in [1.807, 2.05) is 23.6 Å². The van der Waals surface area contributed by atoms with Crippen molar-refractivity contribution in [2.75, 3.05) is 13.2 Å². The molecule has 0 aliphatic carbocycles. The Hall–Kier alpha value is -2.80. The van der Waals surface area contributed by atoms with Crippen LogP contribution in [0.1, 0.15) is 21.9 Å². The number of ether oxygens (including phenoxy) is 2. The van der Waals surface area contributed by atoms with E-state index in [-0.39, 0.29) is 5.91 Å². The highest BCUT2D eigenvalue weighted by Gasteiger charge is 2.17. The maximum atomic E-state index is 12.6. The van der Waals surface area contributed by atoms with Gasteiger partial charge in [-0.3, -0.25) is 4.79 Å². The van der Waals surface area contributed by atoms with Gasteiger partial charge in [0, 0.05) is 18.7 Å². The summed E-state index contributed by atoms with van der Waals surface area (Å²) in [6.45, 7) is 8.98. The molecule has 26 heavy (non-hydrogen) atoms. The molecule has 3 heterocycles. The van der Waals surface area contributed by atoms with Crippen molar-refractivity contribution in [2.24, 2.45) is 4.99 Å². The van der Waals surface area contributed by atoms with Gasteiger partial charge in [0.05, 0.1) is 15.8 Å². The summed E-state index contributed by atoms with van der Waals surface area (Å²) in [6.07, 6.45) is 1.78. The summed E-state index contributed by atoms with van der Waals surface area (Å²) in [5, 5.41) is 0. The zero-order chi connectivity index (χ0) is 18.3. The van der Waals surface area contributed by atoms with Crippen molar-refractivity contribution in [3.63, 3.8) is 0 Å². The largest absolute Gasteiger partial charge is 0.486 e. The molecule has 0 saturated heterocycles. The molecule has 1 aliphatic heterocycles. The van der Waals surface area contributed by atoms with Crippen LogP contribution in [0, 0.1) is 13.8 Å². The van der Waals surface area contributed by atoms with Crippen molar-refractivity contribution >= 4 is 27.5 Å². The lowest BCUT2D eigenvalue weighted by atomic mass is 10.2. The summed E-state index contributed by atoms with van der Waals surface area (Å²) in [4.78, 5) is 17.6. The topological polar surface area (TPSA) is 66.0 Å². The van der Waals surface area contributed by atoms with Crippen LogP contribution in [0.4, 0.5) is 0 Å². The average Bonchev–Trinajstić information content (AvgIpc) is 3.12. The van der Waals surface area contributed by atoms with Crippen molar-refractivity contribution in [3.8, 4) is 11.5 Å². The molecule has 134 valence electrons. The van der Waals surface area contributed by atoms with Crippen LogP contribution in [0.15, 0.2) is 40.3 Å². The summed E-state index contributed by atoms with van der Waals surface area (Å²) in [5.74, 6) is 2.37. The summed E-state index contributed by atoms with van der Waals surface area (Å²) in [7, 11) is 0. The molecule has 0 fully saturated rings. The Morgan fingerprint density at radius 2 is 2.00 bits per heavy atom. The molecule has 6 nitrogen and oxygen atoms in total. The monoisotopic (exact) mass is 370 g/mol. The molecule has 0 saturated carbocycles. The summed E-state index contributed by atoms with van der Waals surface area (Å²) >= 11 is 1.43. The third-order valence-electron chi connectivity index (χ3n) is 4.13. The van der Waals surface area contributed by atoms with E-state index in [9.17, 15) is 4.79 Å². The second kappa shape index (κ2) is 6.49. The van der Waals surface area contributed by atoms with E-state index in [0.717, 1.165) is 16.0 Å². The van der Waals surface area contributed by atoms with E-state index in [1.54, 1.807) is 19.1 Å². The number of furan rings is 1. The molecule has 7 heteroatoms. The number of allylic oxidation sites excluding steroid dienone is 1. The first-order valence-corrected chi connectivity index (χ1v) is 9.08. The van der Waals surface area contributed by atoms with Crippen LogP contribution in [0.25, 0.3) is 10.2 Å². The third kappa shape index (κ3) is 2.84. The standard InChI is InChI=1S/C19H18N2O4S/c1-4-5-21-14-9-15-16(24-7-6-23-15)10-17(14)26-19(21)20-18(22)13-8-11(2)25-12(13)3/h4,8-10H,1,5-7H2,2-3H3. The quantitative estimate of drug-likeness (QED) is 0.661. The van der Waals surface area contributed by atoms with E-state index >= 15 is 0 Å². The fourth-order valence-corrected chi connectivity index (χ4v) is 4.04. The van der Waals surface area contributed by atoms with Gasteiger partial charge in [-0.15, -0.1) is 6.58 Å². The van der Waals surface area contributed by atoms with E-state index in [4.69, 9.17) is 13.9 Å². The maximum Gasteiger partial charge on any atom is 0.283 e. The van der Waals surface area contributed by atoms with Gasteiger partial charge < -0.3 is 18.5 Å². The molecule has 2 aromatic heterocycles. The molecule has 0 bridgehead atoms. The molecule has 0 unspecified atom stereocenters. The molecule has 1 aromatic carbocycles. The van der Waals surface area contributed by atoms with Crippen LogP contribution in [0.2, 0.25) is 0 Å². The van der Waals surface area contributed by atoms with Gasteiger partial charge in [-0.2, -0.15) is 4.99 Å². The van der Waals surface area contributed by atoms with Crippen LogP contribution in [0.5, 0.6) is 11.5 Å². The minimum atomic E-state index is -0.319. The number of benzene rings is 1. The predicted molar refractivity (Wildman–Crippen MR) is 99.1 cm³/mol. The SMILES string of the molecule is C=CCn1c(=NC(=O)c2cc(C)oc2C)sc2cc3c(cc21)OCCO3. The molecule has 1 amide bonds. The first-order valence-electron chi connectivity index (χ1n) is 8.27. The maximum absolute atomic E-state index is 12.6. The molecule has 3 aromatic rings. The van der Waals surface area contributed by atoms with Crippen molar-refractivity contribution < 1.29 is 18.7 Å². The van der Waals surface area contributed by atoms with Crippen molar-refractivity contribution in [1.29, 1.82) is 0 Å². The minimum Gasteiger partial charge on any atom is -0.486 e. The van der Waals surface area contributed by atoms with Crippen molar-refractivity contribution in [3.05, 3.63) is 52.7 Å². The number of hydrogen-bond donors (Lipinski definition) is 0. The molecular formula is C19H18N2O4S. The highest BCUT2D eigenvalue weighted by molar-refractivity contribution is 7.16. The fourth-order valence-electron chi connectivity index (χ4n) is 2.99. The number of carbonyl (C=O) groups excluding carboxylic acids is 1. The van der Waals surface area contributed by atoms with E-state index in [0.29, 0.717) is 47.4 Å². The highest BCUT2D eigenvalue weighted by Crippen LogP contribution is 2.35. The molecule has 1 aliphatic rings. The Morgan fingerprint density at radius 3 is 2.65 bits per heavy atom. The Labute approximate surface area is 154 Å². The lowest BCUT2D eigenvalue weighted by molar-refractivity contribution is 0.0996. The minimum absolute atomic E-state index is 0.319. The fraction of sp³-hybridized carbons (Fsp3) is 0.263. The van der Waals surface area contributed by atoms with Gasteiger partial charge in [-0.1, -0.05) is 17.4 Å². The zero-order valence-electron chi connectivity index (χ0n) is 14.6. The number of rotatable bonds is 3. The summed E-state index contributed by atoms with van der Waals surface area (Å²) in [6, 6.07) is 5.58. The first-order chi connectivity index (χ1) is 12.6. The number of thiazole rings is 1. The average molecular weight is 370 g/mol. The molecule has 0 spiro atoms. The molecule has 0 radical (unpaired) electrons. The number of nitrogens with zero attached hydrogens (tertiary/aromatic N) is 2. The Kier molecular flexibility index (Phi) is 4.16. The van der Waals surface area contributed by atoms with Crippen LogP contribution in [-0.2, 0) is 6.54 Å². The number of fused-ring (bicyclic) bond motifs is 2. The van der Waals surface area contributed by atoms with E-state index in [1.165, 1.54) is 11.3 Å². The Morgan fingerprint density at radius 1 is 1.27 bits per heavy atom. The van der Waals surface area contributed by atoms with Crippen LogP contribution in [0.3, 0.4) is 0 Å². The van der Waals surface area contributed by atoms with Crippen LogP contribution >= 0.6 is 11.3 Å². The normalized spacial score (nSPS) is 14.0. The number of amides is 1. The molecule has 0 N–H and O–H groups in total. The summed E-state index contributed by atoms with van der Waals surface area (Å²) in [5.41, 5.74) is 1.42. The third-order valence-corrected chi connectivity index (χ3v) is 5.17. The predicted octanol–water partition coefficient (Wildman–Crippen LogP) is 3.61. The smallest absolute Gasteiger partial charge is 0.283 e. The number of aromatic nitrogens is 1. The Balaban J connectivity index is 1.88. The Bertz CT molecular complexity index is 1090. The zero-order valence-corrected chi connectivity index (χ0v) is 15.4. The van der Waals surface area contributed by atoms with Crippen LogP contribution < -0.4 is 14.3 Å². The number of aryl methyl sites for hydroxylation is 2. The van der Waals surface area contributed by atoms with Crippen LogP contribution in [-0.4, -0.2) is 23.7 Å². The van der Waals surface area contributed by atoms with E-state index < -0.39 is 0 Å². The second-order valence-electron chi connectivity index (χ2n) is 5.99. The second-order valence-corrected chi connectivity index (χ2v) is 7.00. The van der Waals surface area contributed by atoms with Gasteiger partial charge in [0.15, 0.2) is 16.3 Å². The van der Waals surface area contributed by atoms with Gasteiger partial charge in [0.2, 0.25) is 0 Å². The number of carbonyl (C=O) groups is 1. The van der Waals surface area contributed by atoms with Gasteiger partial charge in [0.25, 0.3) is 5.91 Å². The lowest BCUT2D eigenvalue weighted by Gasteiger charge is -2.18. The molecule has 4 rings (SSSR count). The van der Waals surface area contributed by atoms with Gasteiger partial charge in [-0.25, -0.2) is 0 Å².